The van der Waals surface area contributed by atoms with Gasteiger partial charge in [-0.3, -0.25) is 4.79 Å². The summed E-state index contributed by atoms with van der Waals surface area (Å²) in [6.07, 6.45) is 0.385. The van der Waals surface area contributed by atoms with E-state index in [0.717, 1.165) is 10.0 Å². The average Bonchev–Trinajstić information content (AvgIpc) is 2.55. The molecule has 0 aliphatic carbocycles. The summed E-state index contributed by atoms with van der Waals surface area (Å²) in [6, 6.07) is 15.7. The number of benzene rings is 2. The van der Waals surface area contributed by atoms with Crippen molar-refractivity contribution in [2.24, 2.45) is 0 Å². The highest BCUT2D eigenvalue weighted by atomic mass is 79.9. The Morgan fingerprint density at radius 2 is 1.73 bits per heavy atom. The highest BCUT2D eigenvalue weighted by Crippen LogP contribution is 2.11. The van der Waals surface area contributed by atoms with Crippen molar-refractivity contribution in [1.29, 1.82) is 0 Å². The first-order chi connectivity index (χ1) is 10.6. The van der Waals surface area contributed by atoms with Gasteiger partial charge in [0.05, 0.1) is 7.11 Å². The molecule has 2 rings (SSSR count). The summed E-state index contributed by atoms with van der Waals surface area (Å²) in [4.78, 5) is 24.1. The smallest absolute Gasteiger partial charge is 0.328 e. The summed E-state index contributed by atoms with van der Waals surface area (Å²) >= 11 is 3.32. The van der Waals surface area contributed by atoms with Crippen LogP contribution in [0.25, 0.3) is 0 Å². The van der Waals surface area contributed by atoms with Crippen LogP contribution >= 0.6 is 15.9 Å². The van der Waals surface area contributed by atoms with Crippen LogP contribution in [0.15, 0.2) is 59.1 Å². The van der Waals surface area contributed by atoms with Crippen LogP contribution in [-0.2, 0) is 16.0 Å². The van der Waals surface area contributed by atoms with Crippen LogP contribution in [0, 0.1) is 0 Å². The third-order valence-electron chi connectivity index (χ3n) is 3.18. The lowest BCUT2D eigenvalue weighted by Crippen LogP contribution is -2.43. The van der Waals surface area contributed by atoms with Gasteiger partial charge in [0.1, 0.15) is 6.04 Å². The van der Waals surface area contributed by atoms with E-state index in [0.29, 0.717) is 12.0 Å². The Hall–Kier alpha value is -2.14. The molecule has 1 amide bonds. The van der Waals surface area contributed by atoms with Crippen molar-refractivity contribution in [2.75, 3.05) is 7.11 Å². The Morgan fingerprint density at radius 1 is 1.09 bits per heavy atom. The van der Waals surface area contributed by atoms with Gasteiger partial charge in [-0.2, -0.15) is 0 Å². The monoisotopic (exact) mass is 361 g/mol. The summed E-state index contributed by atoms with van der Waals surface area (Å²) in [5.41, 5.74) is 1.44. The molecule has 1 atom stereocenters. The number of esters is 1. The first kappa shape index (κ1) is 16.2. The predicted molar refractivity (Wildman–Crippen MR) is 87.6 cm³/mol. The van der Waals surface area contributed by atoms with E-state index >= 15 is 0 Å². The summed E-state index contributed by atoms with van der Waals surface area (Å²) in [5, 5.41) is 2.72. The zero-order valence-electron chi connectivity index (χ0n) is 12.1. The number of methoxy groups -OCH3 is 1. The van der Waals surface area contributed by atoms with Crippen molar-refractivity contribution in [3.63, 3.8) is 0 Å². The van der Waals surface area contributed by atoms with Gasteiger partial charge in [-0.25, -0.2) is 4.79 Å². The molecule has 0 radical (unpaired) electrons. The Labute approximate surface area is 137 Å². The van der Waals surface area contributed by atoms with Crippen molar-refractivity contribution in [2.45, 2.75) is 12.5 Å². The van der Waals surface area contributed by atoms with Gasteiger partial charge < -0.3 is 10.1 Å². The fraction of sp³-hybridized carbons (Fsp3) is 0.176. The molecule has 1 unspecified atom stereocenters. The van der Waals surface area contributed by atoms with E-state index in [1.54, 1.807) is 24.3 Å². The average molecular weight is 362 g/mol. The summed E-state index contributed by atoms with van der Waals surface area (Å²) < 4.78 is 5.67. The maximum absolute atomic E-state index is 12.2. The number of ether oxygens (including phenoxy) is 1. The van der Waals surface area contributed by atoms with E-state index in [-0.39, 0.29) is 5.91 Å². The number of rotatable bonds is 5. The SMILES string of the molecule is COC(=O)C(Cc1ccccc1)NC(=O)c1ccc(Br)cc1. The molecular formula is C17H16BrNO3. The predicted octanol–water partition coefficient (Wildman–Crippen LogP) is 2.96. The van der Waals surface area contributed by atoms with Crippen LogP contribution in [0.2, 0.25) is 0 Å². The number of nitrogens with one attached hydrogen (secondary N) is 1. The van der Waals surface area contributed by atoms with E-state index in [9.17, 15) is 9.59 Å². The first-order valence-electron chi connectivity index (χ1n) is 6.78. The molecule has 22 heavy (non-hydrogen) atoms. The topological polar surface area (TPSA) is 55.4 Å². The highest BCUT2D eigenvalue weighted by molar-refractivity contribution is 9.10. The lowest BCUT2D eigenvalue weighted by atomic mass is 10.1. The van der Waals surface area contributed by atoms with Crippen molar-refractivity contribution in [3.05, 3.63) is 70.2 Å². The molecule has 0 fully saturated rings. The van der Waals surface area contributed by atoms with Crippen LogP contribution in [0.4, 0.5) is 0 Å². The molecule has 0 saturated carbocycles. The summed E-state index contributed by atoms with van der Waals surface area (Å²) in [7, 11) is 1.31. The lowest BCUT2D eigenvalue weighted by molar-refractivity contribution is -0.142. The number of carbonyl (C=O) groups is 2. The van der Waals surface area contributed by atoms with Crippen LogP contribution in [-0.4, -0.2) is 25.0 Å². The molecule has 0 bridgehead atoms. The maximum Gasteiger partial charge on any atom is 0.328 e. The van der Waals surface area contributed by atoms with Gasteiger partial charge in [0.15, 0.2) is 0 Å². The Morgan fingerprint density at radius 3 is 2.32 bits per heavy atom. The number of carbonyl (C=O) groups excluding carboxylic acids is 2. The Kier molecular flexibility index (Phi) is 5.72. The minimum Gasteiger partial charge on any atom is -0.467 e. The summed E-state index contributed by atoms with van der Waals surface area (Å²) in [5.74, 6) is -0.770. The number of halogens is 1. The second-order valence-corrected chi connectivity index (χ2v) is 5.66. The Bertz CT molecular complexity index is 641. The molecular weight excluding hydrogens is 346 g/mol. The fourth-order valence-electron chi connectivity index (χ4n) is 2.03. The highest BCUT2D eigenvalue weighted by Gasteiger charge is 2.22. The van der Waals surface area contributed by atoms with Crippen molar-refractivity contribution in [1.82, 2.24) is 5.32 Å². The minimum absolute atomic E-state index is 0.307. The van der Waals surface area contributed by atoms with Crippen molar-refractivity contribution >= 4 is 27.8 Å². The molecule has 0 aromatic heterocycles. The number of hydrogen-bond acceptors (Lipinski definition) is 3. The quantitative estimate of drug-likeness (QED) is 0.833. The van der Waals surface area contributed by atoms with E-state index in [2.05, 4.69) is 21.2 Å². The second-order valence-electron chi connectivity index (χ2n) is 4.75. The molecule has 0 heterocycles. The largest absolute Gasteiger partial charge is 0.467 e. The van der Waals surface area contributed by atoms with Crippen LogP contribution in [0.5, 0.6) is 0 Å². The zero-order chi connectivity index (χ0) is 15.9. The fourth-order valence-corrected chi connectivity index (χ4v) is 2.29. The van der Waals surface area contributed by atoms with Gasteiger partial charge in [0.25, 0.3) is 5.91 Å². The van der Waals surface area contributed by atoms with Crippen LogP contribution in [0.3, 0.4) is 0 Å². The lowest BCUT2D eigenvalue weighted by Gasteiger charge is -2.16. The third-order valence-corrected chi connectivity index (χ3v) is 3.71. The van der Waals surface area contributed by atoms with Gasteiger partial charge in [-0.05, 0) is 29.8 Å². The van der Waals surface area contributed by atoms with Gasteiger partial charge in [0, 0.05) is 16.5 Å². The van der Waals surface area contributed by atoms with Gasteiger partial charge in [-0.1, -0.05) is 46.3 Å². The summed E-state index contributed by atoms with van der Waals surface area (Å²) in [6.45, 7) is 0. The van der Waals surface area contributed by atoms with E-state index in [4.69, 9.17) is 4.74 Å². The molecule has 114 valence electrons. The number of amides is 1. The normalized spacial score (nSPS) is 11.5. The van der Waals surface area contributed by atoms with E-state index in [1.807, 2.05) is 30.3 Å². The minimum atomic E-state index is -0.719. The standard InChI is InChI=1S/C17H16BrNO3/c1-22-17(21)15(11-12-5-3-2-4-6-12)19-16(20)13-7-9-14(18)10-8-13/h2-10,15H,11H2,1H3,(H,19,20). The van der Waals surface area contributed by atoms with Gasteiger partial charge in [-0.15, -0.1) is 0 Å². The zero-order valence-corrected chi connectivity index (χ0v) is 13.7. The van der Waals surface area contributed by atoms with E-state index in [1.165, 1.54) is 7.11 Å². The molecule has 5 heteroatoms. The van der Waals surface area contributed by atoms with Crippen LogP contribution in [0.1, 0.15) is 15.9 Å². The maximum atomic E-state index is 12.2. The second kappa shape index (κ2) is 7.75. The molecule has 4 nitrogen and oxygen atoms in total. The van der Waals surface area contributed by atoms with E-state index < -0.39 is 12.0 Å². The van der Waals surface area contributed by atoms with Crippen molar-refractivity contribution in [3.8, 4) is 0 Å². The molecule has 0 aliphatic rings. The molecule has 0 aliphatic heterocycles. The molecule has 2 aromatic carbocycles. The molecule has 0 spiro atoms. The molecule has 1 N–H and O–H groups in total. The number of hydrogen-bond donors (Lipinski definition) is 1. The van der Waals surface area contributed by atoms with Crippen LogP contribution < -0.4 is 5.32 Å². The molecule has 0 saturated heterocycles. The Balaban J connectivity index is 2.11. The van der Waals surface area contributed by atoms with Gasteiger partial charge in [0.2, 0.25) is 0 Å². The van der Waals surface area contributed by atoms with Crippen molar-refractivity contribution < 1.29 is 14.3 Å². The third kappa shape index (κ3) is 4.43. The first-order valence-corrected chi connectivity index (χ1v) is 7.57. The van der Waals surface area contributed by atoms with Gasteiger partial charge >= 0.3 is 5.97 Å². The molecule has 2 aromatic rings.